The first-order valence-corrected chi connectivity index (χ1v) is 9.22. The molecule has 28 heavy (non-hydrogen) atoms. The van der Waals surface area contributed by atoms with Gasteiger partial charge in [0.1, 0.15) is 6.54 Å². The number of alkyl halides is 3. The monoisotopic (exact) mass is 423 g/mol. The Balaban J connectivity index is 0.00000280. The number of hydrogen-bond donors (Lipinski definition) is 2. The Morgan fingerprint density at radius 3 is 2.71 bits per heavy atom. The largest absolute Gasteiger partial charge is 0.435 e. The van der Waals surface area contributed by atoms with Crippen LogP contribution in [0.5, 0.6) is 0 Å². The molecular weight excluding hydrogens is 399 g/mol. The molecule has 11 heteroatoms. The zero-order chi connectivity index (χ0) is 19.4. The molecule has 0 saturated carbocycles. The van der Waals surface area contributed by atoms with Crippen LogP contribution in [0.3, 0.4) is 0 Å². The number of rotatable bonds is 5. The molecule has 2 atom stereocenters. The zero-order valence-electron chi connectivity index (χ0n) is 15.4. The maximum Gasteiger partial charge on any atom is 0.435 e. The molecule has 2 aliphatic heterocycles. The number of halogens is 4. The van der Waals surface area contributed by atoms with E-state index in [1.165, 1.54) is 0 Å². The molecule has 2 fully saturated rings. The van der Waals surface area contributed by atoms with Crippen molar-refractivity contribution in [2.45, 2.75) is 44.4 Å². The van der Waals surface area contributed by atoms with Gasteiger partial charge in [-0.3, -0.25) is 14.3 Å². The number of amides is 2. The van der Waals surface area contributed by atoms with Crippen molar-refractivity contribution in [2.75, 3.05) is 26.2 Å². The van der Waals surface area contributed by atoms with Crippen molar-refractivity contribution < 1.29 is 22.8 Å². The highest BCUT2D eigenvalue weighted by atomic mass is 35.5. The van der Waals surface area contributed by atoms with Crippen LogP contribution in [-0.2, 0) is 22.3 Å². The van der Waals surface area contributed by atoms with Crippen LogP contribution >= 0.6 is 12.4 Å². The third-order valence-corrected chi connectivity index (χ3v) is 5.04. The highest BCUT2D eigenvalue weighted by molar-refractivity contribution is 5.85. The Morgan fingerprint density at radius 1 is 1.29 bits per heavy atom. The summed E-state index contributed by atoms with van der Waals surface area (Å²) in [6, 6.07) is 0.729. The Hall–Kier alpha value is -1.81. The van der Waals surface area contributed by atoms with Crippen molar-refractivity contribution in [1.82, 2.24) is 25.3 Å². The van der Waals surface area contributed by atoms with E-state index in [1.54, 1.807) is 4.90 Å². The van der Waals surface area contributed by atoms with Crippen LogP contribution in [0, 0.1) is 5.92 Å². The molecule has 0 radical (unpaired) electrons. The summed E-state index contributed by atoms with van der Waals surface area (Å²) in [5.74, 6) is -0.121. The fourth-order valence-corrected chi connectivity index (χ4v) is 3.57. The van der Waals surface area contributed by atoms with Gasteiger partial charge in [-0.1, -0.05) is 0 Å². The summed E-state index contributed by atoms with van der Waals surface area (Å²) < 4.78 is 38.8. The predicted octanol–water partition coefficient (Wildman–Crippen LogP) is 1.43. The second kappa shape index (κ2) is 9.60. The number of hydrogen-bond acceptors (Lipinski definition) is 4. The first kappa shape index (κ1) is 22.5. The lowest BCUT2D eigenvalue weighted by molar-refractivity contribution is -0.142. The van der Waals surface area contributed by atoms with Crippen LogP contribution in [0.1, 0.15) is 31.4 Å². The Kier molecular flexibility index (Phi) is 7.70. The van der Waals surface area contributed by atoms with Gasteiger partial charge in [0.25, 0.3) is 0 Å². The fraction of sp³-hybridized carbons (Fsp3) is 0.706. The standard InChI is InChI=1S/C17H24F3N5O2.ClH/c18-17(19,20)14-5-8-25(23-14)11-15(26)24-7-2-3-12(10-24)9-22-16(27)13-4-1-6-21-13;/h5,8,12-13,21H,1-4,6-7,9-11H2,(H,22,27);1H. The zero-order valence-corrected chi connectivity index (χ0v) is 16.2. The molecule has 0 bridgehead atoms. The Bertz CT molecular complexity index is 676. The predicted molar refractivity (Wildman–Crippen MR) is 97.8 cm³/mol. The molecule has 2 N–H and O–H groups in total. The summed E-state index contributed by atoms with van der Waals surface area (Å²) in [4.78, 5) is 26.1. The summed E-state index contributed by atoms with van der Waals surface area (Å²) in [5, 5.41) is 9.51. The smallest absolute Gasteiger partial charge is 0.354 e. The van der Waals surface area contributed by atoms with E-state index in [4.69, 9.17) is 0 Å². The summed E-state index contributed by atoms with van der Waals surface area (Å²) in [7, 11) is 0. The van der Waals surface area contributed by atoms with Crippen LogP contribution in [0.2, 0.25) is 0 Å². The van der Waals surface area contributed by atoms with Crippen LogP contribution in [0.4, 0.5) is 13.2 Å². The summed E-state index contributed by atoms with van der Waals surface area (Å²) in [5.41, 5.74) is -1.00. The van der Waals surface area contributed by atoms with Crippen molar-refractivity contribution in [3.8, 4) is 0 Å². The number of aromatic nitrogens is 2. The Morgan fingerprint density at radius 2 is 2.07 bits per heavy atom. The Labute approximate surface area is 167 Å². The molecule has 2 saturated heterocycles. The fourth-order valence-electron chi connectivity index (χ4n) is 3.57. The molecule has 1 aromatic heterocycles. The van der Waals surface area contributed by atoms with Gasteiger partial charge in [0, 0.05) is 25.8 Å². The van der Waals surface area contributed by atoms with Gasteiger partial charge >= 0.3 is 6.18 Å². The van der Waals surface area contributed by atoms with Gasteiger partial charge in [-0.15, -0.1) is 12.4 Å². The average molecular weight is 424 g/mol. The molecule has 158 valence electrons. The van der Waals surface area contributed by atoms with E-state index in [2.05, 4.69) is 15.7 Å². The van der Waals surface area contributed by atoms with Crippen molar-refractivity contribution >= 4 is 24.2 Å². The maximum absolute atomic E-state index is 12.6. The van der Waals surface area contributed by atoms with E-state index in [0.717, 1.165) is 49.2 Å². The molecule has 2 aliphatic rings. The second-order valence-corrected chi connectivity index (χ2v) is 7.14. The minimum Gasteiger partial charge on any atom is -0.354 e. The highest BCUT2D eigenvalue weighted by Gasteiger charge is 2.34. The molecule has 2 amide bonds. The molecule has 0 spiro atoms. The number of carbonyl (C=O) groups is 2. The van der Waals surface area contributed by atoms with Gasteiger partial charge in [0.05, 0.1) is 6.04 Å². The lowest BCUT2D eigenvalue weighted by Gasteiger charge is -2.33. The van der Waals surface area contributed by atoms with E-state index < -0.39 is 11.9 Å². The molecule has 3 rings (SSSR count). The lowest BCUT2D eigenvalue weighted by atomic mass is 9.97. The number of carbonyl (C=O) groups excluding carboxylic acids is 2. The van der Waals surface area contributed by atoms with Gasteiger partial charge in [-0.25, -0.2) is 0 Å². The van der Waals surface area contributed by atoms with Gasteiger partial charge < -0.3 is 15.5 Å². The lowest BCUT2D eigenvalue weighted by Crippen LogP contribution is -2.47. The number of nitrogens with zero attached hydrogens (tertiary/aromatic N) is 3. The summed E-state index contributed by atoms with van der Waals surface area (Å²) in [6.07, 6.45) is 0.190. The van der Waals surface area contributed by atoms with E-state index in [9.17, 15) is 22.8 Å². The number of nitrogens with one attached hydrogen (secondary N) is 2. The molecule has 3 heterocycles. The second-order valence-electron chi connectivity index (χ2n) is 7.14. The van der Waals surface area contributed by atoms with E-state index in [-0.39, 0.29) is 42.7 Å². The normalized spacial score (nSPS) is 22.6. The van der Waals surface area contributed by atoms with Crippen molar-refractivity contribution in [2.24, 2.45) is 5.92 Å². The number of likely N-dealkylation sites (tertiary alicyclic amines) is 1. The van der Waals surface area contributed by atoms with E-state index in [1.807, 2.05) is 0 Å². The van der Waals surface area contributed by atoms with E-state index in [0.29, 0.717) is 19.6 Å². The third-order valence-electron chi connectivity index (χ3n) is 5.04. The molecule has 7 nitrogen and oxygen atoms in total. The minimum atomic E-state index is -4.52. The maximum atomic E-state index is 12.6. The van der Waals surface area contributed by atoms with Crippen LogP contribution in [0.15, 0.2) is 12.3 Å². The van der Waals surface area contributed by atoms with Crippen LogP contribution < -0.4 is 10.6 Å². The first-order chi connectivity index (χ1) is 12.8. The van der Waals surface area contributed by atoms with Gasteiger partial charge in [-0.05, 0) is 44.2 Å². The van der Waals surface area contributed by atoms with Gasteiger partial charge in [0.15, 0.2) is 5.69 Å². The number of piperidine rings is 1. The third kappa shape index (κ3) is 5.84. The summed E-state index contributed by atoms with van der Waals surface area (Å²) >= 11 is 0. The average Bonchev–Trinajstić information content (AvgIpc) is 3.31. The quantitative estimate of drug-likeness (QED) is 0.751. The highest BCUT2D eigenvalue weighted by Crippen LogP contribution is 2.27. The van der Waals surface area contributed by atoms with Crippen molar-refractivity contribution in [1.29, 1.82) is 0 Å². The molecule has 0 aromatic carbocycles. The molecule has 0 aliphatic carbocycles. The molecular formula is C17H25ClF3N5O2. The summed E-state index contributed by atoms with van der Waals surface area (Å²) in [6.45, 7) is 2.20. The van der Waals surface area contributed by atoms with Crippen molar-refractivity contribution in [3.63, 3.8) is 0 Å². The molecule has 2 unspecified atom stereocenters. The SMILES string of the molecule is Cl.O=C(NCC1CCCN(C(=O)Cn2ccc(C(F)(F)F)n2)C1)C1CCCN1. The first-order valence-electron chi connectivity index (χ1n) is 9.22. The minimum absolute atomic E-state index is 0. The van der Waals surface area contributed by atoms with Crippen molar-refractivity contribution in [3.05, 3.63) is 18.0 Å². The van der Waals surface area contributed by atoms with Gasteiger partial charge in [0.2, 0.25) is 11.8 Å². The van der Waals surface area contributed by atoms with Crippen LogP contribution in [0.25, 0.3) is 0 Å². The van der Waals surface area contributed by atoms with Gasteiger partial charge in [-0.2, -0.15) is 18.3 Å². The molecule has 1 aromatic rings. The van der Waals surface area contributed by atoms with Crippen LogP contribution in [-0.4, -0.2) is 58.7 Å². The van der Waals surface area contributed by atoms with E-state index >= 15 is 0 Å². The topological polar surface area (TPSA) is 79.3 Å².